The molecule has 1 aromatic carbocycles. The van der Waals surface area contributed by atoms with Gasteiger partial charge in [0.15, 0.2) is 0 Å². The van der Waals surface area contributed by atoms with Gasteiger partial charge in [-0.1, -0.05) is 18.2 Å². The van der Waals surface area contributed by atoms with Crippen molar-refractivity contribution < 1.29 is 4.79 Å². The van der Waals surface area contributed by atoms with Crippen molar-refractivity contribution >= 4 is 11.6 Å². The zero-order valence-electron chi connectivity index (χ0n) is 8.32. The number of nitrogens with zero attached hydrogens (tertiary/aromatic N) is 1. The number of anilines is 1. The zero-order valence-corrected chi connectivity index (χ0v) is 8.32. The number of amides is 1. The number of hydrogen-bond donors (Lipinski definition) is 2. The van der Waals surface area contributed by atoms with Crippen molar-refractivity contribution in [2.45, 2.75) is 6.92 Å². The van der Waals surface area contributed by atoms with Crippen LogP contribution >= 0.6 is 0 Å². The van der Waals surface area contributed by atoms with E-state index in [4.69, 9.17) is 11.0 Å². The second-order valence-corrected chi connectivity index (χ2v) is 2.99. The van der Waals surface area contributed by atoms with Gasteiger partial charge in [-0.25, -0.2) is 0 Å². The third-order valence-corrected chi connectivity index (χ3v) is 1.76. The second kappa shape index (κ2) is 4.82. The fraction of sp³-hybridized carbons (Fsp3) is 0.0909. The molecule has 0 spiro atoms. The average molecular weight is 201 g/mol. The van der Waals surface area contributed by atoms with E-state index in [-0.39, 0.29) is 11.3 Å². The van der Waals surface area contributed by atoms with Crippen LogP contribution in [0.3, 0.4) is 0 Å². The first-order valence-electron chi connectivity index (χ1n) is 4.38. The fourth-order valence-electron chi connectivity index (χ4n) is 1.03. The SMILES string of the molecule is C/C(N)=C(/C#N)C(=O)Nc1ccccc1. The van der Waals surface area contributed by atoms with Gasteiger partial charge in [0.1, 0.15) is 11.6 Å². The Bertz CT molecular complexity index is 425. The van der Waals surface area contributed by atoms with Gasteiger partial charge in [-0.15, -0.1) is 0 Å². The van der Waals surface area contributed by atoms with Gasteiger partial charge in [0, 0.05) is 11.4 Å². The summed E-state index contributed by atoms with van der Waals surface area (Å²) in [5.74, 6) is -0.483. The van der Waals surface area contributed by atoms with E-state index in [0.717, 1.165) is 0 Å². The lowest BCUT2D eigenvalue weighted by atomic mass is 10.2. The van der Waals surface area contributed by atoms with E-state index in [1.165, 1.54) is 6.92 Å². The minimum absolute atomic E-state index is 0.0566. The van der Waals surface area contributed by atoms with Gasteiger partial charge >= 0.3 is 0 Å². The minimum atomic E-state index is -0.483. The zero-order chi connectivity index (χ0) is 11.3. The maximum absolute atomic E-state index is 11.5. The molecule has 0 radical (unpaired) electrons. The molecule has 0 fully saturated rings. The normalized spacial score (nSPS) is 11.2. The van der Waals surface area contributed by atoms with Crippen molar-refractivity contribution in [3.05, 3.63) is 41.6 Å². The largest absolute Gasteiger partial charge is 0.401 e. The second-order valence-electron chi connectivity index (χ2n) is 2.99. The predicted molar refractivity (Wildman–Crippen MR) is 57.6 cm³/mol. The first-order valence-corrected chi connectivity index (χ1v) is 4.38. The molecule has 0 aliphatic heterocycles. The Balaban J connectivity index is 2.82. The van der Waals surface area contributed by atoms with Crippen LogP contribution in [0.4, 0.5) is 5.69 Å². The summed E-state index contributed by atoms with van der Waals surface area (Å²) in [4.78, 5) is 11.5. The van der Waals surface area contributed by atoms with Gasteiger partial charge < -0.3 is 11.1 Å². The van der Waals surface area contributed by atoms with Gasteiger partial charge in [0.05, 0.1) is 0 Å². The molecule has 76 valence electrons. The van der Waals surface area contributed by atoms with E-state index in [1.807, 2.05) is 6.07 Å². The highest BCUT2D eigenvalue weighted by molar-refractivity contribution is 6.06. The monoisotopic (exact) mass is 201 g/mol. The van der Waals surface area contributed by atoms with E-state index in [1.54, 1.807) is 30.3 Å². The van der Waals surface area contributed by atoms with Crippen LogP contribution in [0.1, 0.15) is 6.92 Å². The highest BCUT2D eigenvalue weighted by Crippen LogP contribution is 2.07. The van der Waals surface area contributed by atoms with Crippen molar-refractivity contribution in [1.29, 1.82) is 5.26 Å². The number of carbonyl (C=O) groups is 1. The number of para-hydroxylation sites is 1. The molecule has 4 heteroatoms. The van der Waals surface area contributed by atoms with Crippen molar-refractivity contribution in [2.24, 2.45) is 5.73 Å². The quantitative estimate of drug-likeness (QED) is 0.560. The summed E-state index contributed by atoms with van der Waals surface area (Å²) in [5, 5.41) is 11.3. The van der Waals surface area contributed by atoms with E-state index < -0.39 is 5.91 Å². The molecule has 0 saturated carbocycles. The van der Waals surface area contributed by atoms with Crippen LogP contribution in [-0.2, 0) is 4.79 Å². The van der Waals surface area contributed by atoms with Gasteiger partial charge in [-0.3, -0.25) is 4.79 Å². The third kappa shape index (κ3) is 2.85. The Morgan fingerprint density at radius 2 is 2.00 bits per heavy atom. The molecule has 0 bridgehead atoms. The number of hydrogen-bond acceptors (Lipinski definition) is 3. The Labute approximate surface area is 88.0 Å². The summed E-state index contributed by atoms with van der Waals surface area (Å²) < 4.78 is 0. The standard InChI is InChI=1S/C11H11N3O/c1-8(13)10(7-12)11(15)14-9-5-3-2-4-6-9/h2-6H,13H2,1H3,(H,14,15)/b10-8+. The maximum atomic E-state index is 11.5. The Hall–Kier alpha value is -2.28. The Kier molecular flexibility index (Phi) is 3.47. The molecule has 0 aliphatic carbocycles. The molecule has 0 atom stereocenters. The Morgan fingerprint density at radius 1 is 1.40 bits per heavy atom. The highest BCUT2D eigenvalue weighted by atomic mass is 16.1. The number of nitriles is 1. The van der Waals surface area contributed by atoms with Gasteiger partial charge in [0.2, 0.25) is 0 Å². The van der Waals surface area contributed by atoms with E-state index in [0.29, 0.717) is 5.69 Å². The molecular formula is C11H11N3O. The van der Waals surface area contributed by atoms with Crippen LogP contribution in [0.15, 0.2) is 41.6 Å². The number of nitrogens with one attached hydrogen (secondary N) is 1. The Morgan fingerprint density at radius 3 is 2.47 bits per heavy atom. The fourth-order valence-corrected chi connectivity index (χ4v) is 1.03. The molecule has 4 nitrogen and oxygen atoms in total. The number of benzene rings is 1. The van der Waals surface area contributed by atoms with Crippen molar-refractivity contribution in [3.8, 4) is 6.07 Å². The topological polar surface area (TPSA) is 78.9 Å². The molecule has 0 heterocycles. The van der Waals surface area contributed by atoms with Crippen molar-refractivity contribution in [2.75, 3.05) is 5.32 Å². The third-order valence-electron chi connectivity index (χ3n) is 1.76. The highest BCUT2D eigenvalue weighted by Gasteiger charge is 2.10. The first kappa shape index (κ1) is 10.8. The molecule has 3 N–H and O–H groups in total. The van der Waals surface area contributed by atoms with Crippen LogP contribution in [0, 0.1) is 11.3 Å². The summed E-state index contributed by atoms with van der Waals surface area (Å²) in [7, 11) is 0. The van der Waals surface area contributed by atoms with Gasteiger partial charge in [-0.2, -0.15) is 5.26 Å². The van der Waals surface area contributed by atoms with Crippen LogP contribution < -0.4 is 11.1 Å². The van der Waals surface area contributed by atoms with E-state index in [9.17, 15) is 4.79 Å². The number of nitrogens with two attached hydrogens (primary N) is 1. The van der Waals surface area contributed by atoms with Crippen LogP contribution in [0.2, 0.25) is 0 Å². The van der Waals surface area contributed by atoms with E-state index >= 15 is 0 Å². The lowest BCUT2D eigenvalue weighted by Crippen LogP contribution is -2.16. The van der Waals surface area contributed by atoms with Gasteiger partial charge in [-0.05, 0) is 19.1 Å². The smallest absolute Gasteiger partial charge is 0.268 e. The summed E-state index contributed by atoms with van der Waals surface area (Å²) >= 11 is 0. The molecule has 15 heavy (non-hydrogen) atoms. The molecule has 1 aromatic rings. The summed E-state index contributed by atoms with van der Waals surface area (Å²) in [5.41, 5.74) is 6.19. The molecule has 0 aliphatic rings. The summed E-state index contributed by atoms with van der Waals surface area (Å²) in [6, 6.07) is 10.7. The van der Waals surface area contributed by atoms with Crippen LogP contribution in [0.5, 0.6) is 0 Å². The summed E-state index contributed by atoms with van der Waals surface area (Å²) in [6.07, 6.45) is 0. The molecule has 0 aromatic heterocycles. The van der Waals surface area contributed by atoms with E-state index in [2.05, 4.69) is 5.32 Å². The molecule has 0 saturated heterocycles. The number of carbonyl (C=O) groups excluding carboxylic acids is 1. The molecule has 1 amide bonds. The lowest BCUT2D eigenvalue weighted by molar-refractivity contribution is -0.112. The average Bonchev–Trinajstić information content (AvgIpc) is 2.19. The predicted octanol–water partition coefficient (Wildman–Crippen LogP) is 1.38. The van der Waals surface area contributed by atoms with Crippen molar-refractivity contribution in [1.82, 2.24) is 0 Å². The lowest BCUT2D eigenvalue weighted by Gasteiger charge is -2.04. The molecule has 1 rings (SSSR count). The van der Waals surface area contributed by atoms with Crippen molar-refractivity contribution in [3.63, 3.8) is 0 Å². The van der Waals surface area contributed by atoms with Gasteiger partial charge in [0.25, 0.3) is 5.91 Å². The first-order chi connectivity index (χ1) is 7.15. The minimum Gasteiger partial charge on any atom is -0.401 e. The summed E-state index contributed by atoms with van der Waals surface area (Å²) in [6.45, 7) is 1.52. The van der Waals surface area contributed by atoms with Crippen LogP contribution in [0.25, 0.3) is 0 Å². The molecule has 0 unspecified atom stereocenters. The molecular weight excluding hydrogens is 190 g/mol. The van der Waals surface area contributed by atoms with Crippen LogP contribution in [-0.4, -0.2) is 5.91 Å². The number of allylic oxidation sites excluding steroid dienone is 1. The maximum Gasteiger partial charge on any atom is 0.268 e. The number of rotatable bonds is 2.